The lowest BCUT2D eigenvalue weighted by atomic mass is 10.2. The van der Waals surface area contributed by atoms with Crippen molar-refractivity contribution in [1.82, 2.24) is 4.57 Å². The van der Waals surface area contributed by atoms with Crippen molar-refractivity contribution in [3.05, 3.63) is 52.1 Å². The standard InChI is InChI=1S/C18H20FN3O4/c1-18(2,3)26-17(23)14-5-4-8-21(14)15-10-13(20-11-6-7-11)16(22(24)25)9-12(15)19/h4-5,8-11,20H,6-7H2,1-3H3. The summed E-state index contributed by atoms with van der Waals surface area (Å²) in [6.07, 6.45) is 3.34. The molecule has 1 aromatic heterocycles. The van der Waals surface area contributed by atoms with E-state index in [0.717, 1.165) is 18.9 Å². The Hall–Kier alpha value is -2.90. The molecule has 8 heteroatoms. The monoisotopic (exact) mass is 361 g/mol. The second-order valence-electron chi connectivity index (χ2n) is 7.26. The van der Waals surface area contributed by atoms with Crippen LogP contribution in [0, 0.1) is 15.9 Å². The zero-order valence-corrected chi connectivity index (χ0v) is 14.8. The first-order valence-electron chi connectivity index (χ1n) is 8.31. The number of carbonyl (C=O) groups is 1. The number of carbonyl (C=O) groups excluding carboxylic acids is 1. The molecule has 0 amide bonds. The number of hydrogen-bond donors (Lipinski definition) is 1. The summed E-state index contributed by atoms with van der Waals surface area (Å²) in [5, 5.41) is 14.3. The van der Waals surface area contributed by atoms with Gasteiger partial charge in [0.1, 0.15) is 17.0 Å². The van der Waals surface area contributed by atoms with Gasteiger partial charge < -0.3 is 14.6 Å². The van der Waals surface area contributed by atoms with E-state index in [1.807, 2.05) is 0 Å². The number of rotatable bonds is 5. The Morgan fingerprint density at radius 1 is 1.38 bits per heavy atom. The van der Waals surface area contributed by atoms with E-state index in [0.29, 0.717) is 0 Å². The number of nitrogens with zero attached hydrogens (tertiary/aromatic N) is 2. The Kier molecular flexibility index (Phi) is 4.43. The number of hydrogen-bond acceptors (Lipinski definition) is 5. The van der Waals surface area contributed by atoms with Crippen LogP contribution in [0.4, 0.5) is 15.8 Å². The third-order valence-corrected chi connectivity index (χ3v) is 3.82. The van der Waals surface area contributed by atoms with Crippen molar-refractivity contribution < 1.29 is 18.8 Å². The molecule has 26 heavy (non-hydrogen) atoms. The normalized spacial score (nSPS) is 14.2. The molecule has 1 aliphatic carbocycles. The molecule has 1 heterocycles. The molecular weight excluding hydrogens is 341 g/mol. The Morgan fingerprint density at radius 2 is 2.08 bits per heavy atom. The minimum absolute atomic E-state index is 0.0459. The molecule has 0 spiro atoms. The summed E-state index contributed by atoms with van der Waals surface area (Å²) in [4.78, 5) is 23.0. The minimum atomic E-state index is -0.793. The summed E-state index contributed by atoms with van der Waals surface area (Å²) in [7, 11) is 0. The van der Waals surface area contributed by atoms with E-state index < -0.39 is 22.3 Å². The summed E-state index contributed by atoms with van der Waals surface area (Å²) in [6, 6.07) is 5.50. The molecule has 0 unspecified atom stereocenters. The SMILES string of the molecule is CC(C)(C)OC(=O)c1cccn1-c1cc(NC2CC2)c([N+](=O)[O-])cc1F. The van der Waals surface area contributed by atoms with Gasteiger partial charge in [0.15, 0.2) is 5.82 Å². The molecule has 7 nitrogen and oxygen atoms in total. The topological polar surface area (TPSA) is 86.4 Å². The Balaban J connectivity index is 2.03. The first-order chi connectivity index (χ1) is 12.2. The van der Waals surface area contributed by atoms with Crippen LogP contribution in [0.15, 0.2) is 30.5 Å². The summed E-state index contributed by atoms with van der Waals surface area (Å²) in [5.74, 6) is -1.39. The number of aromatic nitrogens is 1. The smallest absolute Gasteiger partial charge is 0.355 e. The van der Waals surface area contributed by atoms with E-state index in [4.69, 9.17) is 4.74 Å². The van der Waals surface area contributed by atoms with Crippen molar-refractivity contribution in [2.45, 2.75) is 45.3 Å². The number of esters is 1. The highest BCUT2D eigenvalue weighted by Crippen LogP contribution is 2.34. The lowest BCUT2D eigenvalue weighted by molar-refractivity contribution is -0.384. The molecule has 1 fully saturated rings. The van der Waals surface area contributed by atoms with Crippen LogP contribution in [-0.4, -0.2) is 27.1 Å². The molecule has 1 saturated carbocycles. The van der Waals surface area contributed by atoms with Gasteiger partial charge in [0.05, 0.1) is 16.7 Å². The van der Waals surface area contributed by atoms with Gasteiger partial charge in [-0.1, -0.05) is 0 Å². The van der Waals surface area contributed by atoms with Crippen molar-refractivity contribution >= 4 is 17.3 Å². The van der Waals surface area contributed by atoms with Crippen LogP contribution < -0.4 is 5.32 Å². The first kappa shape index (κ1) is 17.9. The van der Waals surface area contributed by atoms with Crippen LogP contribution >= 0.6 is 0 Å². The van der Waals surface area contributed by atoms with Crippen LogP contribution in [0.5, 0.6) is 0 Å². The fraction of sp³-hybridized carbons (Fsp3) is 0.389. The predicted molar refractivity (Wildman–Crippen MR) is 94.2 cm³/mol. The zero-order valence-electron chi connectivity index (χ0n) is 14.8. The molecule has 0 atom stereocenters. The second kappa shape index (κ2) is 6.44. The molecule has 0 saturated heterocycles. The maximum Gasteiger partial charge on any atom is 0.355 e. The van der Waals surface area contributed by atoms with Crippen molar-refractivity contribution in [3.63, 3.8) is 0 Å². The average molecular weight is 361 g/mol. The van der Waals surface area contributed by atoms with Crippen LogP contribution in [0.1, 0.15) is 44.1 Å². The number of halogens is 1. The number of nitrogens with one attached hydrogen (secondary N) is 1. The maximum absolute atomic E-state index is 14.6. The van der Waals surface area contributed by atoms with E-state index in [9.17, 15) is 19.3 Å². The highest BCUT2D eigenvalue weighted by atomic mass is 19.1. The van der Waals surface area contributed by atoms with Crippen molar-refractivity contribution in [3.8, 4) is 5.69 Å². The average Bonchev–Trinajstić information content (AvgIpc) is 3.19. The lowest BCUT2D eigenvalue weighted by Crippen LogP contribution is -2.25. The fourth-order valence-corrected chi connectivity index (χ4v) is 2.54. The van der Waals surface area contributed by atoms with Gasteiger partial charge in [-0.05, 0) is 51.8 Å². The summed E-state index contributed by atoms with van der Waals surface area (Å²) in [5.41, 5.74) is -0.602. The number of benzene rings is 1. The van der Waals surface area contributed by atoms with Crippen molar-refractivity contribution in [1.29, 1.82) is 0 Å². The van der Waals surface area contributed by atoms with Gasteiger partial charge in [0.25, 0.3) is 5.69 Å². The third kappa shape index (κ3) is 3.84. The van der Waals surface area contributed by atoms with E-state index in [1.165, 1.54) is 22.9 Å². The van der Waals surface area contributed by atoms with Crippen LogP contribution in [0.2, 0.25) is 0 Å². The number of nitro benzene ring substituents is 1. The van der Waals surface area contributed by atoms with Gasteiger partial charge in [-0.25, -0.2) is 9.18 Å². The number of anilines is 1. The molecule has 1 aromatic carbocycles. The highest BCUT2D eigenvalue weighted by Gasteiger charge is 2.28. The van der Waals surface area contributed by atoms with Crippen molar-refractivity contribution in [2.24, 2.45) is 0 Å². The van der Waals surface area contributed by atoms with Crippen LogP contribution in [0.3, 0.4) is 0 Å². The van der Waals surface area contributed by atoms with Crippen LogP contribution in [0.25, 0.3) is 5.69 Å². The molecule has 0 radical (unpaired) electrons. The third-order valence-electron chi connectivity index (χ3n) is 3.82. The fourth-order valence-electron chi connectivity index (χ4n) is 2.54. The number of ether oxygens (including phenoxy) is 1. The van der Waals surface area contributed by atoms with Gasteiger partial charge in [0.2, 0.25) is 0 Å². The van der Waals surface area contributed by atoms with Gasteiger partial charge in [-0.15, -0.1) is 0 Å². The molecule has 0 aliphatic heterocycles. The number of nitro groups is 1. The Bertz CT molecular complexity index is 866. The Morgan fingerprint density at radius 3 is 2.65 bits per heavy atom. The second-order valence-corrected chi connectivity index (χ2v) is 7.26. The molecule has 138 valence electrons. The van der Waals surface area contributed by atoms with E-state index in [1.54, 1.807) is 26.8 Å². The maximum atomic E-state index is 14.6. The lowest BCUT2D eigenvalue weighted by Gasteiger charge is -2.20. The van der Waals surface area contributed by atoms with E-state index in [2.05, 4.69) is 5.32 Å². The first-order valence-corrected chi connectivity index (χ1v) is 8.31. The molecule has 3 rings (SSSR count). The highest BCUT2D eigenvalue weighted by molar-refractivity contribution is 5.89. The van der Waals surface area contributed by atoms with Crippen LogP contribution in [-0.2, 0) is 4.74 Å². The van der Waals surface area contributed by atoms with E-state index >= 15 is 0 Å². The van der Waals surface area contributed by atoms with Gasteiger partial charge >= 0.3 is 5.97 Å². The van der Waals surface area contributed by atoms with Gasteiger partial charge in [0, 0.05) is 12.2 Å². The largest absolute Gasteiger partial charge is 0.455 e. The van der Waals surface area contributed by atoms with E-state index in [-0.39, 0.29) is 28.8 Å². The summed E-state index contributed by atoms with van der Waals surface area (Å²) < 4.78 is 21.3. The predicted octanol–water partition coefficient (Wildman–Crippen LogP) is 4.05. The van der Waals surface area contributed by atoms with Gasteiger partial charge in [-0.3, -0.25) is 10.1 Å². The zero-order chi connectivity index (χ0) is 19.1. The quantitative estimate of drug-likeness (QED) is 0.493. The minimum Gasteiger partial charge on any atom is -0.455 e. The summed E-state index contributed by atoms with van der Waals surface area (Å²) >= 11 is 0. The molecule has 1 aliphatic rings. The van der Waals surface area contributed by atoms with Gasteiger partial charge in [-0.2, -0.15) is 0 Å². The molecule has 0 bridgehead atoms. The van der Waals surface area contributed by atoms with Crippen molar-refractivity contribution in [2.75, 3.05) is 5.32 Å². The molecule has 1 N–H and O–H groups in total. The molecular formula is C18H20FN3O4. The molecule has 2 aromatic rings. The summed E-state index contributed by atoms with van der Waals surface area (Å²) in [6.45, 7) is 5.22. The Labute approximate surface area is 149 Å².